The fraction of sp³-hybridized carbons (Fsp3) is 0.800. The summed E-state index contributed by atoms with van der Waals surface area (Å²) in [7, 11) is -4.10. The first kappa shape index (κ1) is 33.5. The lowest BCUT2D eigenvalue weighted by atomic mass is 9.41. The summed E-state index contributed by atoms with van der Waals surface area (Å²) in [4.78, 5) is 12.7. The quantitative estimate of drug-likeness (QED) is 0.300. The van der Waals surface area contributed by atoms with Crippen molar-refractivity contribution in [2.45, 2.75) is 123 Å². The smallest absolute Gasteiger partial charge is 0.421 e. The highest BCUT2D eigenvalue weighted by Crippen LogP contribution is 2.69. The number of fused-ring (bicyclic) bond motifs is 5. The Morgan fingerprint density at radius 1 is 1.02 bits per heavy atom. The molecule has 4 aliphatic rings. The Morgan fingerprint density at radius 2 is 1.70 bits per heavy atom. The Balaban J connectivity index is 1.24. The van der Waals surface area contributed by atoms with Crippen LogP contribution in [0.4, 0.5) is 4.79 Å². The van der Waals surface area contributed by atoms with Crippen LogP contribution in [0.5, 0.6) is 5.75 Å². The van der Waals surface area contributed by atoms with Gasteiger partial charge in [0.2, 0.25) is 0 Å². The van der Waals surface area contributed by atoms with Gasteiger partial charge in [-0.2, -0.15) is 0 Å². The molecule has 4 fully saturated rings. The number of ether oxygens (including phenoxy) is 2. The topological polar surface area (TPSA) is 122 Å². The third kappa shape index (κ3) is 5.90. The minimum atomic E-state index is -4.10. The maximum absolute atomic E-state index is 12.9. The normalized spacial score (nSPS) is 39.1. The van der Waals surface area contributed by atoms with E-state index in [9.17, 15) is 23.4 Å². The average Bonchev–Trinajstić information content (AvgIpc) is 3.30. The van der Waals surface area contributed by atoms with Crippen LogP contribution >= 0.6 is 0 Å². The fourth-order valence-electron chi connectivity index (χ4n) is 10.6. The van der Waals surface area contributed by atoms with Gasteiger partial charge in [-0.3, -0.25) is 0 Å². The molecule has 1 aromatic carbocycles. The van der Waals surface area contributed by atoms with E-state index in [-0.39, 0.29) is 58.4 Å². The van der Waals surface area contributed by atoms with Crippen LogP contribution < -0.4 is 9.46 Å². The molecule has 4 aliphatic carbocycles. The predicted molar refractivity (Wildman–Crippen MR) is 170 cm³/mol. The van der Waals surface area contributed by atoms with Gasteiger partial charge in [-0.1, -0.05) is 34.1 Å². The van der Waals surface area contributed by atoms with Crippen LogP contribution in [0, 0.1) is 59.2 Å². The summed E-state index contributed by atoms with van der Waals surface area (Å²) in [6.45, 7) is 14.8. The summed E-state index contributed by atoms with van der Waals surface area (Å²) in [5, 5.41) is 22.5. The summed E-state index contributed by atoms with van der Waals surface area (Å²) in [5.74, 6) is 2.68. The standard InChI is InChI=1S/C35H55NO7S/c1-8-25-29-18-23(37)13-15-35(29,7)28-14-16-34(6)26(10-11-27(34)31(28)32(25)38)22(5)19-42-33(39)36-44(40,41)24-9-12-30(21(4)17-24)43-20(2)3/h9,12,17,20,22-23,25-29,31-32,37-38H,8,10-11,13-16,18-19H2,1-7H3,(H,36,39)/t22-,23-,25-,26-,27+,28+,29+,31+,32-,34-,35-/m1/s1. The lowest BCUT2D eigenvalue weighted by Gasteiger charge is -2.64. The molecule has 0 aromatic heterocycles. The first-order valence-corrected chi connectivity index (χ1v) is 18.4. The van der Waals surface area contributed by atoms with Gasteiger partial charge in [0.05, 0.1) is 29.8 Å². The molecule has 9 heteroatoms. The first-order valence-electron chi connectivity index (χ1n) is 16.9. The van der Waals surface area contributed by atoms with E-state index in [1.165, 1.54) is 12.1 Å². The maximum Gasteiger partial charge on any atom is 0.421 e. The molecule has 4 saturated carbocycles. The molecule has 248 valence electrons. The van der Waals surface area contributed by atoms with Gasteiger partial charge in [0, 0.05) is 0 Å². The van der Waals surface area contributed by atoms with Gasteiger partial charge in [-0.25, -0.2) is 17.9 Å². The molecule has 0 radical (unpaired) electrons. The van der Waals surface area contributed by atoms with Crippen LogP contribution in [-0.2, 0) is 14.8 Å². The van der Waals surface area contributed by atoms with E-state index >= 15 is 0 Å². The van der Waals surface area contributed by atoms with E-state index in [0.29, 0.717) is 35.0 Å². The Labute approximate surface area is 264 Å². The van der Waals surface area contributed by atoms with Crippen molar-refractivity contribution in [3.8, 4) is 5.75 Å². The number of aliphatic hydroxyl groups is 2. The lowest BCUT2D eigenvalue weighted by molar-refractivity contribution is -0.203. The average molecular weight is 634 g/mol. The summed E-state index contributed by atoms with van der Waals surface area (Å²) in [5.41, 5.74) is 0.851. The summed E-state index contributed by atoms with van der Waals surface area (Å²) in [6, 6.07) is 4.53. The Kier molecular flexibility index (Phi) is 9.45. The second-order valence-electron chi connectivity index (χ2n) is 15.4. The molecule has 0 saturated heterocycles. The Morgan fingerprint density at radius 3 is 2.36 bits per heavy atom. The molecule has 44 heavy (non-hydrogen) atoms. The van der Waals surface area contributed by atoms with Crippen LogP contribution in [0.25, 0.3) is 0 Å². The molecule has 1 amide bonds. The number of hydrogen-bond donors (Lipinski definition) is 3. The molecular weight excluding hydrogens is 578 g/mol. The number of rotatable bonds is 8. The predicted octanol–water partition coefficient (Wildman–Crippen LogP) is 6.46. The van der Waals surface area contributed by atoms with Crippen molar-refractivity contribution < 1.29 is 32.9 Å². The third-order valence-corrected chi connectivity index (χ3v) is 14.0. The highest BCUT2D eigenvalue weighted by Gasteiger charge is 2.64. The van der Waals surface area contributed by atoms with Gasteiger partial charge in [0.1, 0.15) is 5.75 Å². The molecule has 11 atom stereocenters. The van der Waals surface area contributed by atoms with Crippen molar-refractivity contribution in [1.29, 1.82) is 0 Å². The number of sulfonamides is 1. The van der Waals surface area contributed by atoms with Gasteiger partial charge >= 0.3 is 6.09 Å². The number of amides is 1. The van der Waals surface area contributed by atoms with Crippen LogP contribution in [-0.4, -0.2) is 49.6 Å². The van der Waals surface area contributed by atoms with Crippen LogP contribution in [0.15, 0.2) is 23.1 Å². The first-order chi connectivity index (χ1) is 20.6. The van der Waals surface area contributed by atoms with Gasteiger partial charge in [0.25, 0.3) is 10.0 Å². The van der Waals surface area contributed by atoms with Gasteiger partial charge < -0.3 is 19.7 Å². The van der Waals surface area contributed by atoms with E-state index in [2.05, 4.69) is 32.4 Å². The van der Waals surface area contributed by atoms with Gasteiger partial charge in [0.15, 0.2) is 0 Å². The van der Waals surface area contributed by atoms with Crippen LogP contribution in [0.3, 0.4) is 0 Å². The van der Waals surface area contributed by atoms with Crippen LogP contribution in [0.1, 0.15) is 98.5 Å². The highest BCUT2D eigenvalue weighted by atomic mass is 32.2. The summed E-state index contributed by atoms with van der Waals surface area (Å²) >= 11 is 0. The molecule has 8 nitrogen and oxygen atoms in total. The second kappa shape index (κ2) is 12.4. The van der Waals surface area contributed by atoms with Crippen molar-refractivity contribution in [2.75, 3.05) is 6.61 Å². The fourth-order valence-corrected chi connectivity index (χ4v) is 11.6. The molecule has 5 rings (SSSR count). The molecular formula is C35H55NO7S. The van der Waals surface area contributed by atoms with E-state index in [0.717, 1.165) is 51.4 Å². The number of nitrogens with one attached hydrogen (secondary N) is 1. The van der Waals surface area contributed by atoms with E-state index < -0.39 is 16.1 Å². The van der Waals surface area contributed by atoms with E-state index in [1.54, 1.807) is 13.0 Å². The number of aliphatic hydroxyl groups excluding tert-OH is 2. The minimum absolute atomic E-state index is 0.0150. The van der Waals surface area contributed by atoms with Gasteiger partial charge in [-0.05, 0) is 142 Å². The molecule has 0 bridgehead atoms. The second-order valence-corrected chi connectivity index (χ2v) is 17.1. The van der Waals surface area contributed by atoms with E-state index in [1.807, 2.05) is 13.8 Å². The van der Waals surface area contributed by atoms with Crippen molar-refractivity contribution in [2.24, 2.45) is 52.3 Å². The van der Waals surface area contributed by atoms with Crippen molar-refractivity contribution in [3.05, 3.63) is 23.8 Å². The lowest BCUT2D eigenvalue weighted by Crippen LogP contribution is -2.62. The van der Waals surface area contributed by atoms with Crippen molar-refractivity contribution in [1.82, 2.24) is 4.72 Å². The number of hydrogen-bond acceptors (Lipinski definition) is 7. The monoisotopic (exact) mass is 633 g/mol. The number of aryl methyl sites for hydroxylation is 1. The molecule has 0 spiro atoms. The molecule has 1 aromatic rings. The molecule has 0 aliphatic heterocycles. The zero-order chi connectivity index (χ0) is 32.2. The van der Waals surface area contributed by atoms with E-state index in [4.69, 9.17) is 9.47 Å². The van der Waals surface area contributed by atoms with Crippen molar-refractivity contribution >= 4 is 16.1 Å². The van der Waals surface area contributed by atoms with Crippen molar-refractivity contribution in [3.63, 3.8) is 0 Å². The summed E-state index contributed by atoms with van der Waals surface area (Å²) < 4.78 is 39.2. The van der Waals surface area contributed by atoms with Gasteiger partial charge in [-0.15, -0.1) is 0 Å². The molecule has 3 N–H and O–H groups in total. The zero-order valence-electron chi connectivity index (χ0n) is 27.7. The highest BCUT2D eigenvalue weighted by molar-refractivity contribution is 7.90. The summed E-state index contributed by atoms with van der Waals surface area (Å²) in [6.07, 6.45) is 6.26. The third-order valence-electron chi connectivity index (χ3n) is 12.7. The number of carbonyl (C=O) groups is 1. The maximum atomic E-state index is 12.9. The zero-order valence-corrected chi connectivity index (χ0v) is 28.5. The Hall–Kier alpha value is -1.84. The largest absolute Gasteiger partial charge is 0.491 e. The Bertz CT molecular complexity index is 1320. The number of carbonyl (C=O) groups excluding carboxylic acids is 1. The minimum Gasteiger partial charge on any atom is -0.491 e. The SMILES string of the molecule is CC[C@H]1[C@@H](O)[C@@H]2[C@H](CC[C@]3(C)[C@@H]([C@H](C)COC(=O)NS(=O)(=O)c4ccc(OC(C)C)c(C)c4)CC[C@@H]23)[C@@]2(C)CC[C@@H](O)C[C@@H]12. The van der Waals surface area contributed by atoms with Crippen LogP contribution in [0.2, 0.25) is 0 Å². The number of benzene rings is 1. The molecule has 0 unspecified atom stereocenters. The molecule has 0 heterocycles.